The molecular formula is C15H25N3O. The Bertz CT molecular complexity index is 410. The summed E-state index contributed by atoms with van der Waals surface area (Å²) in [6.07, 6.45) is 0. The van der Waals surface area contributed by atoms with Gasteiger partial charge in [0.1, 0.15) is 5.75 Å². The molecule has 1 fully saturated rings. The lowest BCUT2D eigenvalue weighted by Crippen LogP contribution is -2.55. The van der Waals surface area contributed by atoms with Gasteiger partial charge in [-0.1, -0.05) is 18.2 Å². The summed E-state index contributed by atoms with van der Waals surface area (Å²) in [6.45, 7) is 6.12. The van der Waals surface area contributed by atoms with Gasteiger partial charge in [0.05, 0.1) is 7.11 Å². The lowest BCUT2D eigenvalue weighted by Gasteiger charge is -2.43. The number of hydrogen-bond donors (Lipinski definition) is 1. The van der Waals surface area contributed by atoms with E-state index in [-0.39, 0.29) is 0 Å². The van der Waals surface area contributed by atoms with Crippen LogP contribution >= 0.6 is 0 Å². The number of rotatable bonds is 4. The smallest absolute Gasteiger partial charge is 0.123 e. The highest BCUT2D eigenvalue weighted by molar-refractivity contribution is 5.35. The van der Waals surface area contributed by atoms with Gasteiger partial charge in [-0.25, -0.2) is 0 Å². The molecule has 1 aromatic carbocycles. The molecular weight excluding hydrogens is 238 g/mol. The van der Waals surface area contributed by atoms with E-state index in [4.69, 9.17) is 10.5 Å². The Kier molecular flexibility index (Phi) is 4.80. The third kappa shape index (κ3) is 3.08. The third-order valence-electron chi connectivity index (χ3n) is 4.09. The summed E-state index contributed by atoms with van der Waals surface area (Å²) in [5, 5.41) is 0. The normalized spacial score (nSPS) is 23.3. The molecule has 1 heterocycles. The van der Waals surface area contributed by atoms with Crippen LogP contribution in [0.15, 0.2) is 24.3 Å². The molecule has 0 aromatic heterocycles. The van der Waals surface area contributed by atoms with Gasteiger partial charge in [-0.05, 0) is 20.0 Å². The molecule has 0 amide bonds. The van der Waals surface area contributed by atoms with Crippen LogP contribution in [-0.2, 0) is 0 Å². The van der Waals surface area contributed by atoms with Crippen molar-refractivity contribution in [3.8, 4) is 5.75 Å². The molecule has 4 heteroatoms. The number of nitrogens with two attached hydrogens (primary N) is 1. The van der Waals surface area contributed by atoms with Crippen molar-refractivity contribution in [1.82, 2.24) is 9.80 Å². The van der Waals surface area contributed by atoms with E-state index in [2.05, 4.69) is 35.9 Å². The van der Waals surface area contributed by atoms with Gasteiger partial charge in [0.15, 0.2) is 0 Å². The van der Waals surface area contributed by atoms with Crippen LogP contribution in [0.1, 0.15) is 18.5 Å². The summed E-state index contributed by atoms with van der Waals surface area (Å²) in [6, 6.07) is 9.01. The topological polar surface area (TPSA) is 41.7 Å². The maximum Gasteiger partial charge on any atom is 0.123 e. The third-order valence-corrected chi connectivity index (χ3v) is 4.09. The molecule has 1 saturated heterocycles. The molecule has 1 aliphatic rings. The summed E-state index contributed by atoms with van der Waals surface area (Å²) >= 11 is 0. The van der Waals surface area contributed by atoms with Crippen molar-refractivity contribution in [1.29, 1.82) is 0 Å². The van der Waals surface area contributed by atoms with Gasteiger partial charge < -0.3 is 15.4 Å². The van der Waals surface area contributed by atoms with Crippen molar-refractivity contribution in [2.75, 3.05) is 40.3 Å². The Morgan fingerprint density at radius 1 is 1.37 bits per heavy atom. The minimum atomic E-state index is 0.332. The average molecular weight is 263 g/mol. The molecule has 2 atom stereocenters. The first-order valence-corrected chi connectivity index (χ1v) is 6.94. The van der Waals surface area contributed by atoms with Crippen LogP contribution in [0.3, 0.4) is 0 Å². The van der Waals surface area contributed by atoms with E-state index >= 15 is 0 Å². The predicted molar refractivity (Wildman–Crippen MR) is 78.5 cm³/mol. The molecule has 2 unspecified atom stereocenters. The maximum absolute atomic E-state index is 5.94. The van der Waals surface area contributed by atoms with E-state index in [1.165, 1.54) is 5.56 Å². The molecule has 2 rings (SSSR count). The molecule has 0 radical (unpaired) electrons. The Balaban J connectivity index is 2.20. The van der Waals surface area contributed by atoms with Gasteiger partial charge in [-0.2, -0.15) is 0 Å². The number of likely N-dealkylation sites (N-methyl/N-ethyl adjacent to an activating group) is 1. The molecule has 0 spiro atoms. The van der Waals surface area contributed by atoms with Gasteiger partial charge >= 0.3 is 0 Å². The van der Waals surface area contributed by atoms with Gasteiger partial charge in [-0.3, -0.25) is 4.90 Å². The van der Waals surface area contributed by atoms with Crippen molar-refractivity contribution >= 4 is 0 Å². The van der Waals surface area contributed by atoms with Gasteiger partial charge in [-0.15, -0.1) is 0 Å². The first-order chi connectivity index (χ1) is 9.17. The monoisotopic (exact) mass is 263 g/mol. The van der Waals surface area contributed by atoms with E-state index in [0.717, 1.165) is 25.4 Å². The number of nitrogens with zero attached hydrogens (tertiary/aromatic N) is 2. The molecule has 4 nitrogen and oxygen atoms in total. The van der Waals surface area contributed by atoms with Gasteiger partial charge in [0.2, 0.25) is 0 Å². The standard InChI is InChI=1S/C15H25N3O/c1-12(14-6-4-5-7-15(14)19-3)18-9-8-17(2)11-13(18)10-16/h4-7,12-13H,8-11,16H2,1-3H3. The number of benzene rings is 1. The number of hydrogen-bond acceptors (Lipinski definition) is 4. The van der Waals surface area contributed by atoms with E-state index in [1.54, 1.807) is 7.11 Å². The lowest BCUT2D eigenvalue weighted by atomic mass is 10.0. The molecule has 0 aliphatic carbocycles. The number of para-hydroxylation sites is 1. The van der Waals surface area contributed by atoms with Gasteiger partial charge in [0, 0.05) is 43.8 Å². The second kappa shape index (κ2) is 6.37. The van der Waals surface area contributed by atoms with E-state index < -0.39 is 0 Å². The molecule has 0 bridgehead atoms. The molecule has 1 aliphatic heterocycles. The quantitative estimate of drug-likeness (QED) is 0.890. The predicted octanol–water partition coefficient (Wildman–Crippen LogP) is 1.33. The summed E-state index contributed by atoms with van der Waals surface area (Å²) in [7, 11) is 3.89. The summed E-state index contributed by atoms with van der Waals surface area (Å²) in [4.78, 5) is 4.85. The Morgan fingerprint density at radius 2 is 2.11 bits per heavy atom. The first kappa shape index (κ1) is 14.3. The van der Waals surface area contributed by atoms with Crippen molar-refractivity contribution in [2.24, 2.45) is 5.73 Å². The highest BCUT2D eigenvalue weighted by Gasteiger charge is 2.29. The van der Waals surface area contributed by atoms with Crippen molar-refractivity contribution in [3.05, 3.63) is 29.8 Å². The van der Waals surface area contributed by atoms with Crippen LogP contribution in [-0.4, -0.2) is 56.2 Å². The minimum absolute atomic E-state index is 0.332. The molecule has 1 aromatic rings. The molecule has 19 heavy (non-hydrogen) atoms. The highest BCUT2D eigenvalue weighted by Crippen LogP contribution is 2.30. The molecule has 106 valence electrons. The summed E-state index contributed by atoms with van der Waals surface area (Å²) < 4.78 is 5.48. The number of piperazine rings is 1. The average Bonchev–Trinajstić information content (AvgIpc) is 2.46. The van der Waals surface area contributed by atoms with Crippen LogP contribution in [0.25, 0.3) is 0 Å². The zero-order valence-corrected chi connectivity index (χ0v) is 12.2. The second-order valence-electron chi connectivity index (χ2n) is 5.31. The van der Waals surface area contributed by atoms with Gasteiger partial charge in [0.25, 0.3) is 0 Å². The van der Waals surface area contributed by atoms with Crippen molar-refractivity contribution in [2.45, 2.75) is 19.0 Å². The SMILES string of the molecule is COc1ccccc1C(C)N1CCN(C)CC1CN. The van der Waals surface area contributed by atoms with Crippen LogP contribution in [0.5, 0.6) is 5.75 Å². The fourth-order valence-corrected chi connectivity index (χ4v) is 2.93. The largest absolute Gasteiger partial charge is 0.496 e. The van der Waals surface area contributed by atoms with E-state index in [1.807, 2.05) is 12.1 Å². The van der Waals surface area contributed by atoms with Crippen molar-refractivity contribution in [3.63, 3.8) is 0 Å². The Morgan fingerprint density at radius 3 is 2.79 bits per heavy atom. The lowest BCUT2D eigenvalue weighted by molar-refractivity contribution is 0.0612. The highest BCUT2D eigenvalue weighted by atomic mass is 16.5. The zero-order valence-electron chi connectivity index (χ0n) is 12.2. The van der Waals surface area contributed by atoms with E-state index in [9.17, 15) is 0 Å². The fourth-order valence-electron chi connectivity index (χ4n) is 2.93. The van der Waals surface area contributed by atoms with Crippen LogP contribution in [0.2, 0.25) is 0 Å². The number of ether oxygens (including phenoxy) is 1. The second-order valence-corrected chi connectivity index (χ2v) is 5.31. The van der Waals surface area contributed by atoms with E-state index in [0.29, 0.717) is 18.6 Å². The fraction of sp³-hybridized carbons (Fsp3) is 0.600. The number of methoxy groups -OCH3 is 1. The van der Waals surface area contributed by atoms with Crippen molar-refractivity contribution < 1.29 is 4.74 Å². The Labute approximate surface area is 116 Å². The summed E-state index contributed by atoms with van der Waals surface area (Å²) in [5.74, 6) is 0.963. The molecule has 2 N–H and O–H groups in total. The zero-order chi connectivity index (χ0) is 13.8. The van der Waals surface area contributed by atoms with Crippen LogP contribution < -0.4 is 10.5 Å². The minimum Gasteiger partial charge on any atom is -0.496 e. The molecule has 0 saturated carbocycles. The Hall–Kier alpha value is -1.10. The van der Waals surface area contributed by atoms with Crippen LogP contribution in [0, 0.1) is 0 Å². The summed E-state index contributed by atoms with van der Waals surface area (Å²) in [5.41, 5.74) is 7.19. The first-order valence-electron chi connectivity index (χ1n) is 6.94. The maximum atomic E-state index is 5.94. The van der Waals surface area contributed by atoms with Crippen LogP contribution in [0.4, 0.5) is 0 Å².